The highest BCUT2D eigenvalue weighted by Gasteiger charge is 2.33. The van der Waals surface area contributed by atoms with Crippen LogP contribution in [0.5, 0.6) is 0 Å². The molecule has 0 fully saturated rings. The van der Waals surface area contributed by atoms with Crippen molar-refractivity contribution in [3.8, 4) is 0 Å². The average molecular weight is 1220 g/mol. The van der Waals surface area contributed by atoms with Crippen LogP contribution in [-0.4, -0.2) is 183 Å². The smallest absolute Gasteiger partial charge is 0.328 e. The second-order valence-corrected chi connectivity index (χ2v) is 21.3. The molecule has 0 radical (unpaired) electrons. The van der Waals surface area contributed by atoms with Crippen LogP contribution in [0.2, 0.25) is 0 Å². The molecule has 0 aliphatic heterocycles. The Balaban J connectivity index is 1.81. The van der Waals surface area contributed by atoms with E-state index in [1.165, 1.54) is 18.4 Å². The molecule has 30 nitrogen and oxygen atoms in total. The summed E-state index contributed by atoms with van der Waals surface area (Å²) in [7, 11) is 0. The Bertz CT molecular complexity index is 2700. The van der Waals surface area contributed by atoms with Crippen molar-refractivity contribution < 1.29 is 62.8 Å². The van der Waals surface area contributed by atoms with Crippen molar-refractivity contribution in [2.75, 3.05) is 68.5 Å². The first-order valence-corrected chi connectivity index (χ1v) is 29.8. The molecule has 474 valence electrons. The van der Waals surface area contributed by atoms with Crippen LogP contribution < -0.4 is 71.6 Å². The van der Waals surface area contributed by atoms with Crippen molar-refractivity contribution in [2.24, 2.45) is 22.9 Å². The number of hydrogen-bond donors (Lipinski definition) is 15. The summed E-state index contributed by atoms with van der Waals surface area (Å²) >= 11 is 1.09. The number of esters is 2. The van der Waals surface area contributed by atoms with Gasteiger partial charge in [0.15, 0.2) is 11.5 Å². The quantitative estimate of drug-likeness (QED) is 0.0222. The Morgan fingerprint density at radius 3 is 1.69 bits per heavy atom. The van der Waals surface area contributed by atoms with Gasteiger partial charge in [-0.3, -0.25) is 42.9 Å². The number of aliphatic hydroxyl groups is 1. The third kappa shape index (κ3) is 26.2. The number of anilines is 2. The summed E-state index contributed by atoms with van der Waals surface area (Å²) in [6.07, 6.45) is 4.11. The number of carbonyl (C=O) groups is 9. The molecule has 0 aliphatic carbocycles. The van der Waals surface area contributed by atoms with Crippen molar-refractivity contribution >= 4 is 88.0 Å². The highest BCUT2D eigenvalue weighted by Crippen LogP contribution is 2.19. The van der Waals surface area contributed by atoms with Crippen LogP contribution >= 0.6 is 11.8 Å². The van der Waals surface area contributed by atoms with Crippen molar-refractivity contribution in [1.82, 2.24) is 51.4 Å². The molecular weight excluding hydrogens is 1130 g/mol. The van der Waals surface area contributed by atoms with E-state index in [2.05, 4.69) is 52.2 Å². The summed E-state index contributed by atoms with van der Waals surface area (Å²) in [4.78, 5) is 142. The Kier molecular flexibility index (Phi) is 33.1. The van der Waals surface area contributed by atoms with Crippen LogP contribution in [-0.2, 0) is 54.4 Å². The molecule has 0 saturated heterocycles. The number of nitrogens with two attached hydrogens (primary N) is 5. The van der Waals surface area contributed by atoms with E-state index in [4.69, 9.17) is 38.1 Å². The minimum atomic E-state index is -1.63. The molecule has 3 rings (SSSR count). The van der Waals surface area contributed by atoms with Crippen LogP contribution in [0.3, 0.4) is 0 Å². The molecule has 7 atom stereocenters. The zero-order valence-electron chi connectivity index (χ0n) is 48.8. The summed E-state index contributed by atoms with van der Waals surface area (Å²) < 4.78 is 11.5. The third-order valence-electron chi connectivity index (χ3n) is 13.1. The van der Waals surface area contributed by atoms with Gasteiger partial charge in [0.05, 0.1) is 19.2 Å². The first-order chi connectivity index (χ1) is 40.7. The zero-order valence-corrected chi connectivity index (χ0v) is 49.6. The zero-order chi connectivity index (χ0) is 62.8. The molecule has 2 heterocycles. The number of ether oxygens (including phenoxy) is 2. The van der Waals surface area contributed by atoms with E-state index in [0.29, 0.717) is 73.9 Å². The number of fused-ring (bicyclic) bond motifs is 1. The minimum absolute atomic E-state index is 0.0242. The third-order valence-corrected chi connectivity index (χ3v) is 14.3. The molecule has 1 aromatic carbocycles. The monoisotopic (exact) mass is 1220 g/mol. The molecule has 6 amide bonds. The number of rotatable bonds is 43. The first-order valence-electron chi connectivity index (χ1n) is 28.6. The normalized spacial score (nSPS) is 13.6. The molecule has 0 saturated carbocycles. The predicted octanol–water partition coefficient (Wildman–Crippen LogP) is -1.69. The number of aliphatic carboxylic acids is 1. The molecule has 0 aliphatic rings. The van der Waals surface area contributed by atoms with Gasteiger partial charge in [0, 0.05) is 44.0 Å². The number of imidazole rings is 1. The van der Waals surface area contributed by atoms with Gasteiger partial charge in [-0.15, -0.1) is 0 Å². The average Bonchev–Trinajstić information content (AvgIpc) is 2.14. The van der Waals surface area contributed by atoms with Gasteiger partial charge in [-0.2, -0.15) is 21.7 Å². The lowest BCUT2D eigenvalue weighted by Crippen LogP contribution is -2.59. The van der Waals surface area contributed by atoms with E-state index in [1.807, 2.05) is 6.92 Å². The van der Waals surface area contributed by atoms with Crippen LogP contribution in [0.25, 0.3) is 11.2 Å². The van der Waals surface area contributed by atoms with E-state index in [-0.39, 0.29) is 94.6 Å². The molecule has 31 heteroatoms. The number of nitrogens with one attached hydrogen (secondary N) is 8. The number of amides is 6. The maximum Gasteiger partial charge on any atom is 0.328 e. The number of aromatic amines is 1. The van der Waals surface area contributed by atoms with Crippen LogP contribution in [0, 0.1) is 0 Å². The number of carboxylic acids is 1. The van der Waals surface area contributed by atoms with Gasteiger partial charge in [0.25, 0.3) is 5.91 Å². The van der Waals surface area contributed by atoms with E-state index in [9.17, 15) is 58.2 Å². The highest BCUT2D eigenvalue weighted by molar-refractivity contribution is 7.99. The number of benzene rings is 1. The maximum absolute atomic E-state index is 14.4. The van der Waals surface area contributed by atoms with Gasteiger partial charge in [0.1, 0.15) is 48.4 Å². The van der Waals surface area contributed by atoms with Gasteiger partial charge in [-0.05, 0) is 121 Å². The molecule has 0 spiro atoms. The fourth-order valence-electron chi connectivity index (χ4n) is 8.44. The van der Waals surface area contributed by atoms with Crippen molar-refractivity contribution in [1.29, 1.82) is 0 Å². The lowest BCUT2D eigenvalue weighted by Gasteiger charge is -2.27. The number of nitrogen functional groups attached to an aromatic ring is 1. The van der Waals surface area contributed by atoms with Crippen LogP contribution in [0.15, 0.2) is 29.1 Å². The number of carbonyl (C=O) groups excluding carboxylic acids is 8. The highest BCUT2D eigenvalue weighted by atomic mass is 32.2. The Labute approximate surface area is 497 Å². The summed E-state index contributed by atoms with van der Waals surface area (Å²) in [5, 5.41) is 39.0. The fraction of sp³-hybridized carbons (Fsp3) is 0.630. The van der Waals surface area contributed by atoms with Gasteiger partial charge in [-0.25, -0.2) is 9.59 Å². The molecular formula is C54H88N16O14S. The Hall–Kier alpha value is -7.45. The lowest BCUT2D eigenvalue weighted by molar-refractivity contribution is -0.154. The molecule has 85 heavy (non-hydrogen) atoms. The van der Waals surface area contributed by atoms with E-state index in [1.54, 1.807) is 24.3 Å². The lowest BCUT2D eigenvalue weighted by atomic mass is 10.0. The molecule has 2 aromatic heterocycles. The van der Waals surface area contributed by atoms with E-state index in [0.717, 1.165) is 24.6 Å². The van der Waals surface area contributed by atoms with Crippen molar-refractivity contribution in [3.63, 3.8) is 0 Å². The first kappa shape index (κ1) is 71.8. The summed E-state index contributed by atoms with van der Waals surface area (Å²) in [5.74, 6) is -6.79. The van der Waals surface area contributed by atoms with E-state index < -0.39 is 108 Å². The molecule has 20 N–H and O–H groups in total. The summed E-state index contributed by atoms with van der Waals surface area (Å²) in [5.41, 5.74) is 30.5. The summed E-state index contributed by atoms with van der Waals surface area (Å²) in [6.45, 7) is 4.91. The van der Waals surface area contributed by atoms with Gasteiger partial charge >= 0.3 is 23.6 Å². The fourth-order valence-corrected chi connectivity index (χ4v) is 9.41. The number of hydrogen-bond acceptors (Lipinski definition) is 22. The van der Waals surface area contributed by atoms with Crippen molar-refractivity contribution in [3.05, 3.63) is 45.9 Å². The number of unbranched alkanes of at least 4 members (excludes halogenated alkanes) is 5. The number of thioether (sulfide) groups is 1. The number of aromatic nitrogens is 4. The Morgan fingerprint density at radius 2 is 1.19 bits per heavy atom. The summed E-state index contributed by atoms with van der Waals surface area (Å²) in [6, 6.07) is -1.58. The molecule has 1 unspecified atom stereocenters. The van der Waals surface area contributed by atoms with Crippen LogP contribution in [0.1, 0.15) is 127 Å². The maximum atomic E-state index is 14.4. The Morgan fingerprint density at radius 1 is 0.671 bits per heavy atom. The van der Waals surface area contributed by atoms with E-state index >= 15 is 0 Å². The topological polar surface area (TPSA) is 490 Å². The second kappa shape index (κ2) is 39.2. The predicted molar refractivity (Wildman–Crippen MR) is 318 cm³/mol. The minimum Gasteiger partial charge on any atom is -0.480 e. The molecule has 3 aromatic rings. The van der Waals surface area contributed by atoms with Gasteiger partial charge in [0.2, 0.25) is 35.5 Å². The van der Waals surface area contributed by atoms with Crippen molar-refractivity contribution in [2.45, 2.75) is 160 Å². The largest absolute Gasteiger partial charge is 0.480 e. The second-order valence-electron chi connectivity index (χ2n) is 20.2. The number of nitrogens with zero attached hydrogens (tertiary/aromatic N) is 3. The SMILES string of the molecule is CCCCNc1nc(N)c2[nH]c(=O)n(Cc3ccc(C(=O)NCCCC[C@H](NC(=O)[C@H](CO)NC(=O)[C@@H](N)CSCC(COC(C)=O)OC(C)=O)C(=O)N[C@@H](CCCCN)C(=O)N[C@@H](CCCCN)C(=O)N[C@@H](CCCCN)C(=O)O)cc3)c2n1. The standard InChI is InChI=1S/C54H88N16O14S/c1-4-5-25-61-53-68-44(59)43-45(69-53)70(54(82)67-43)27-34-18-20-35(21-19-34)46(74)60-26-13-9-16-40(64-51(79)42(28-71)66-47(75)37(58)31-85-30-36(84-33(3)73)29-83-32(2)72)49(77)62-38(14-6-10-22-55)48(76)63-39(15-7-11-23-56)50(78)65-41(52(80)81)17-8-12-24-57/h18-21,36-42,71H,4-17,22-31,55-58H2,1-3H3,(H,60,74)(H,62,77)(H,63,76)(H,64,79)(H,65,78)(H,66,75)(H,67,82)(H,80,81)(H3,59,61,68,69)/t36?,37-,38-,39-,40-,41-,42-/m0/s1. The van der Waals surface area contributed by atoms with Gasteiger partial charge < -0.3 is 90.6 Å². The van der Waals surface area contributed by atoms with Crippen LogP contribution in [0.4, 0.5) is 11.8 Å². The molecule has 0 bridgehead atoms. The van der Waals surface area contributed by atoms with Gasteiger partial charge in [-0.1, -0.05) is 25.5 Å². The number of carboxylic acid groups (broad SMARTS) is 1. The number of H-pyrrole nitrogens is 1. The number of aliphatic hydroxyl groups excluding tert-OH is 1.